The molecule has 1 N–H and O–H groups in total. The van der Waals surface area contributed by atoms with Gasteiger partial charge in [0.25, 0.3) is 0 Å². The van der Waals surface area contributed by atoms with Crippen LogP contribution in [0.25, 0.3) is 5.69 Å². The van der Waals surface area contributed by atoms with Crippen molar-refractivity contribution < 1.29 is 0 Å². The second-order valence-corrected chi connectivity index (χ2v) is 5.43. The molecule has 1 aromatic heterocycles. The van der Waals surface area contributed by atoms with Crippen LogP contribution < -0.4 is 10.5 Å². The fraction of sp³-hybridized carbons (Fsp3) is 0.385. The normalized spacial score (nSPS) is 11.1. The molecular weight excluding hydrogens is 246 g/mol. The Hall–Kier alpha value is -1.62. The first-order chi connectivity index (χ1) is 8.56. The number of hydrogen-bond donors (Lipinski definition) is 1. The summed E-state index contributed by atoms with van der Waals surface area (Å²) < 4.78 is 3.09. The zero-order chi connectivity index (χ0) is 13.3. The molecule has 1 heterocycles. The molecule has 0 radical (unpaired) electrons. The predicted molar refractivity (Wildman–Crippen MR) is 73.5 cm³/mol. The summed E-state index contributed by atoms with van der Waals surface area (Å²) in [4.78, 5) is 12.5. The molecule has 96 valence electrons. The highest BCUT2D eigenvalue weighted by Crippen LogP contribution is 2.20. The molecular formula is C13H17N3OS. The zero-order valence-corrected chi connectivity index (χ0v) is 11.6. The number of aromatic nitrogens is 2. The smallest absolute Gasteiger partial charge is 0.273 e. The summed E-state index contributed by atoms with van der Waals surface area (Å²) in [5, 5.41) is 7.97. The third kappa shape index (κ3) is 2.06. The molecule has 1 aromatic carbocycles. The Morgan fingerprint density at radius 3 is 2.56 bits per heavy atom. The molecule has 0 amide bonds. The lowest BCUT2D eigenvalue weighted by atomic mass is 10.0. The Morgan fingerprint density at radius 2 is 2.00 bits per heavy atom. The van der Waals surface area contributed by atoms with Gasteiger partial charge in [0, 0.05) is 6.54 Å². The molecule has 0 saturated heterocycles. The molecule has 0 unspecified atom stereocenters. The Labute approximate surface area is 110 Å². The summed E-state index contributed by atoms with van der Waals surface area (Å²) >= 11 is 1.19. The lowest BCUT2D eigenvalue weighted by molar-refractivity contribution is 0.741. The van der Waals surface area contributed by atoms with Crippen molar-refractivity contribution in [2.24, 2.45) is 0 Å². The average molecular weight is 263 g/mol. The van der Waals surface area contributed by atoms with Gasteiger partial charge in [0.05, 0.1) is 5.69 Å². The van der Waals surface area contributed by atoms with Crippen molar-refractivity contribution in [1.82, 2.24) is 8.52 Å². The fourth-order valence-electron chi connectivity index (χ4n) is 1.97. The molecule has 0 spiro atoms. The quantitative estimate of drug-likeness (QED) is 0.907. The fourth-order valence-corrected chi connectivity index (χ4v) is 2.73. The van der Waals surface area contributed by atoms with Crippen LogP contribution in [0, 0.1) is 5.41 Å². The Bertz CT molecular complexity index is 663. The van der Waals surface area contributed by atoms with Crippen molar-refractivity contribution in [3.63, 3.8) is 0 Å². The van der Waals surface area contributed by atoms with Crippen LogP contribution >= 0.6 is 11.5 Å². The Morgan fingerprint density at radius 1 is 1.33 bits per heavy atom. The first-order valence-electron chi connectivity index (χ1n) is 6.03. The molecule has 0 aliphatic heterocycles. The second kappa shape index (κ2) is 4.94. The lowest BCUT2D eigenvalue weighted by Crippen LogP contribution is -2.28. The number of para-hydroxylation sites is 1. The SMILES string of the molecule is CCn1sc(=N)n(-c2ccccc2C(C)C)c1=O. The van der Waals surface area contributed by atoms with Gasteiger partial charge in [0.2, 0.25) is 4.80 Å². The molecule has 18 heavy (non-hydrogen) atoms. The van der Waals surface area contributed by atoms with E-state index in [9.17, 15) is 4.79 Å². The van der Waals surface area contributed by atoms with Crippen molar-refractivity contribution in [3.05, 3.63) is 45.1 Å². The minimum atomic E-state index is -0.124. The summed E-state index contributed by atoms with van der Waals surface area (Å²) in [7, 11) is 0. The molecule has 5 heteroatoms. The maximum Gasteiger partial charge on any atom is 0.344 e. The van der Waals surface area contributed by atoms with Crippen LogP contribution in [0.15, 0.2) is 29.1 Å². The van der Waals surface area contributed by atoms with E-state index in [0.717, 1.165) is 11.3 Å². The highest BCUT2D eigenvalue weighted by molar-refractivity contribution is 7.03. The van der Waals surface area contributed by atoms with Gasteiger partial charge in [-0.2, -0.15) is 0 Å². The van der Waals surface area contributed by atoms with Gasteiger partial charge < -0.3 is 0 Å². The molecule has 0 bridgehead atoms. The number of nitrogens with one attached hydrogen (secondary N) is 1. The van der Waals surface area contributed by atoms with E-state index in [0.29, 0.717) is 12.5 Å². The molecule has 0 aliphatic rings. The van der Waals surface area contributed by atoms with E-state index in [-0.39, 0.29) is 10.5 Å². The average Bonchev–Trinajstić information content (AvgIpc) is 2.64. The van der Waals surface area contributed by atoms with Gasteiger partial charge in [0.1, 0.15) is 0 Å². The van der Waals surface area contributed by atoms with E-state index in [1.807, 2.05) is 31.2 Å². The third-order valence-electron chi connectivity index (χ3n) is 2.89. The summed E-state index contributed by atoms with van der Waals surface area (Å²) in [5.74, 6) is 0.322. The first kappa shape index (κ1) is 12.8. The second-order valence-electron chi connectivity index (χ2n) is 4.42. The van der Waals surface area contributed by atoms with Gasteiger partial charge in [-0.15, -0.1) is 0 Å². The van der Waals surface area contributed by atoms with Crippen molar-refractivity contribution in [2.45, 2.75) is 33.2 Å². The van der Waals surface area contributed by atoms with Crippen LogP contribution in [-0.4, -0.2) is 8.52 Å². The first-order valence-corrected chi connectivity index (χ1v) is 6.80. The maximum atomic E-state index is 12.2. The molecule has 0 aliphatic carbocycles. The van der Waals surface area contributed by atoms with Crippen LogP contribution in [-0.2, 0) is 6.54 Å². The largest absolute Gasteiger partial charge is 0.344 e. The van der Waals surface area contributed by atoms with Crippen LogP contribution in [0.4, 0.5) is 0 Å². The predicted octanol–water partition coefficient (Wildman–Crippen LogP) is 2.32. The van der Waals surface area contributed by atoms with E-state index in [4.69, 9.17) is 5.41 Å². The van der Waals surface area contributed by atoms with E-state index in [1.54, 1.807) is 3.96 Å². The summed E-state index contributed by atoms with van der Waals surface area (Å²) in [6.07, 6.45) is 0. The van der Waals surface area contributed by atoms with Crippen molar-refractivity contribution >= 4 is 11.5 Å². The number of nitrogens with zero attached hydrogens (tertiary/aromatic N) is 2. The van der Waals surface area contributed by atoms with Gasteiger partial charge >= 0.3 is 5.69 Å². The summed E-state index contributed by atoms with van der Waals surface area (Å²) in [6.45, 7) is 6.70. The monoisotopic (exact) mass is 263 g/mol. The zero-order valence-electron chi connectivity index (χ0n) is 10.8. The number of aryl methyl sites for hydroxylation is 1. The van der Waals surface area contributed by atoms with E-state index >= 15 is 0 Å². The molecule has 0 fully saturated rings. The van der Waals surface area contributed by atoms with Crippen molar-refractivity contribution in [2.75, 3.05) is 0 Å². The van der Waals surface area contributed by atoms with Gasteiger partial charge in [-0.05, 0) is 36.0 Å². The number of hydrogen-bond acceptors (Lipinski definition) is 3. The Kier molecular flexibility index (Phi) is 3.52. The van der Waals surface area contributed by atoms with Crippen molar-refractivity contribution in [3.8, 4) is 5.69 Å². The van der Waals surface area contributed by atoms with Crippen molar-refractivity contribution in [1.29, 1.82) is 5.41 Å². The van der Waals surface area contributed by atoms with Gasteiger partial charge in [-0.1, -0.05) is 32.0 Å². The molecule has 0 atom stereocenters. The minimum absolute atomic E-state index is 0.124. The van der Waals surface area contributed by atoms with E-state index < -0.39 is 0 Å². The van der Waals surface area contributed by atoms with E-state index in [1.165, 1.54) is 16.1 Å². The topological polar surface area (TPSA) is 50.8 Å². The van der Waals surface area contributed by atoms with E-state index in [2.05, 4.69) is 13.8 Å². The van der Waals surface area contributed by atoms with Crippen LogP contribution in [0.2, 0.25) is 0 Å². The molecule has 2 aromatic rings. The van der Waals surface area contributed by atoms with Gasteiger partial charge in [0.15, 0.2) is 0 Å². The molecule has 4 nitrogen and oxygen atoms in total. The lowest BCUT2D eigenvalue weighted by Gasteiger charge is -2.11. The van der Waals surface area contributed by atoms with Crippen LogP contribution in [0.1, 0.15) is 32.3 Å². The highest BCUT2D eigenvalue weighted by Gasteiger charge is 2.13. The molecule has 2 rings (SSSR count). The number of benzene rings is 1. The number of rotatable bonds is 3. The summed E-state index contributed by atoms with van der Waals surface area (Å²) in [6, 6.07) is 7.79. The summed E-state index contributed by atoms with van der Waals surface area (Å²) in [5.41, 5.74) is 1.79. The standard InChI is InChI=1S/C13H17N3OS/c1-4-15-13(17)16(12(14)18-15)11-8-6-5-7-10(11)9(2)3/h5-9,14H,4H2,1-3H3. The maximum absolute atomic E-state index is 12.2. The van der Waals surface area contributed by atoms with Gasteiger partial charge in [-0.3, -0.25) is 5.41 Å². The highest BCUT2D eigenvalue weighted by atomic mass is 32.1. The Balaban J connectivity index is 2.74. The third-order valence-corrected chi connectivity index (χ3v) is 3.88. The molecule has 0 saturated carbocycles. The van der Waals surface area contributed by atoms with Crippen LogP contribution in [0.3, 0.4) is 0 Å². The minimum Gasteiger partial charge on any atom is -0.273 e. The van der Waals surface area contributed by atoms with Crippen LogP contribution in [0.5, 0.6) is 0 Å². The van der Waals surface area contributed by atoms with Gasteiger partial charge in [-0.25, -0.2) is 13.3 Å².